The zero-order valence-electron chi connectivity index (χ0n) is 17.6. The Morgan fingerprint density at radius 3 is 2.31 bits per heavy atom. The number of benzene rings is 2. The fourth-order valence-corrected chi connectivity index (χ4v) is 3.14. The first-order valence-electron chi connectivity index (χ1n) is 9.89. The van der Waals surface area contributed by atoms with Crippen molar-refractivity contribution in [3.63, 3.8) is 0 Å². The minimum absolute atomic E-state index is 0.158. The van der Waals surface area contributed by atoms with Crippen molar-refractivity contribution < 1.29 is 19.1 Å². The minimum Gasteiger partial charge on any atom is -0.493 e. The van der Waals surface area contributed by atoms with E-state index in [1.165, 1.54) is 0 Å². The predicted octanol–water partition coefficient (Wildman–Crippen LogP) is 3.33. The molecule has 2 amide bonds. The van der Waals surface area contributed by atoms with E-state index >= 15 is 0 Å². The summed E-state index contributed by atoms with van der Waals surface area (Å²) in [7, 11) is 1.55. The number of nitrogens with zero attached hydrogens (tertiary/aromatic N) is 1. The number of amides is 2. The van der Waals surface area contributed by atoms with Crippen LogP contribution in [0.15, 0.2) is 48.5 Å². The fraction of sp³-hybridized carbons (Fsp3) is 0.391. The monoisotopic (exact) mass is 398 g/mol. The van der Waals surface area contributed by atoms with E-state index in [-0.39, 0.29) is 18.4 Å². The largest absolute Gasteiger partial charge is 0.493 e. The molecule has 0 radical (unpaired) electrons. The van der Waals surface area contributed by atoms with Gasteiger partial charge in [0.25, 0.3) is 5.91 Å². The molecular formula is C23H30N2O4. The summed E-state index contributed by atoms with van der Waals surface area (Å²) in [5, 5.41) is 2.83. The number of methoxy groups -OCH3 is 1. The Labute approximate surface area is 172 Å². The van der Waals surface area contributed by atoms with E-state index in [1.54, 1.807) is 24.1 Å². The summed E-state index contributed by atoms with van der Waals surface area (Å²) in [6.07, 6.45) is 0.512. The lowest BCUT2D eigenvalue weighted by molar-refractivity contribution is -0.143. The molecule has 1 N–H and O–H groups in total. The first-order chi connectivity index (χ1) is 14.0. The van der Waals surface area contributed by atoms with E-state index in [0.717, 1.165) is 11.1 Å². The second-order valence-electron chi connectivity index (χ2n) is 6.71. The maximum absolute atomic E-state index is 13.1. The van der Waals surface area contributed by atoms with Gasteiger partial charge >= 0.3 is 0 Å². The van der Waals surface area contributed by atoms with Crippen LogP contribution in [0.1, 0.15) is 31.4 Å². The molecule has 6 heteroatoms. The average Bonchev–Trinajstić information content (AvgIpc) is 2.73. The molecule has 0 aromatic heterocycles. The SMILES string of the molecule is CCNC(=O)[C@H](CC)N(Cc1ccccc1C)C(=O)COc1ccccc1OC. The highest BCUT2D eigenvalue weighted by Gasteiger charge is 2.29. The van der Waals surface area contributed by atoms with Gasteiger partial charge in [0.1, 0.15) is 6.04 Å². The van der Waals surface area contributed by atoms with Gasteiger partial charge in [0.15, 0.2) is 18.1 Å². The quantitative estimate of drug-likeness (QED) is 0.667. The molecule has 156 valence electrons. The average molecular weight is 399 g/mol. The van der Waals surface area contributed by atoms with Crippen LogP contribution >= 0.6 is 0 Å². The Balaban J connectivity index is 2.23. The van der Waals surface area contributed by atoms with Gasteiger partial charge in [-0.2, -0.15) is 0 Å². The van der Waals surface area contributed by atoms with E-state index in [1.807, 2.05) is 57.2 Å². The van der Waals surface area contributed by atoms with E-state index in [4.69, 9.17) is 9.47 Å². The lowest BCUT2D eigenvalue weighted by Crippen LogP contribution is -2.50. The molecule has 29 heavy (non-hydrogen) atoms. The van der Waals surface area contributed by atoms with Crippen LogP contribution < -0.4 is 14.8 Å². The molecule has 2 aromatic rings. The molecule has 0 unspecified atom stereocenters. The van der Waals surface area contributed by atoms with E-state index in [2.05, 4.69) is 5.32 Å². The van der Waals surface area contributed by atoms with Crippen LogP contribution in [0.5, 0.6) is 11.5 Å². The molecule has 0 fully saturated rings. The number of likely N-dealkylation sites (N-methyl/N-ethyl adjacent to an activating group) is 1. The van der Waals surface area contributed by atoms with Gasteiger partial charge in [-0.25, -0.2) is 0 Å². The number of rotatable bonds is 10. The van der Waals surface area contributed by atoms with Crippen LogP contribution in [-0.4, -0.2) is 43.0 Å². The fourth-order valence-electron chi connectivity index (χ4n) is 3.14. The molecule has 2 aromatic carbocycles. The van der Waals surface area contributed by atoms with E-state index in [0.29, 0.717) is 31.0 Å². The van der Waals surface area contributed by atoms with Gasteiger partial charge in [-0.05, 0) is 43.5 Å². The molecule has 0 aliphatic rings. The number of nitrogens with one attached hydrogen (secondary N) is 1. The second-order valence-corrected chi connectivity index (χ2v) is 6.71. The Bertz CT molecular complexity index is 822. The topological polar surface area (TPSA) is 67.9 Å². The van der Waals surface area contributed by atoms with Crippen molar-refractivity contribution in [2.75, 3.05) is 20.3 Å². The Morgan fingerprint density at radius 2 is 1.69 bits per heavy atom. The summed E-state index contributed by atoms with van der Waals surface area (Å²) in [5.41, 5.74) is 2.07. The number of aryl methyl sites for hydroxylation is 1. The van der Waals surface area contributed by atoms with Gasteiger partial charge in [0.2, 0.25) is 5.91 Å². The minimum atomic E-state index is -0.566. The molecule has 1 atom stereocenters. The summed E-state index contributed by atoms with van der Waals surface area (Å²) >= 11 is 0. The van der Waals surface area contributed by atoms with Crippen molar-refractivity contribution in [3.05, 3.63) is 59.7 Å². The molecule has 6 nitrogen and oxygen atoms in total. The Kier molecular flexibility index (Phi) is 8.52. The van der Waals surface area contributed by atoms with E-state index in [9.17, 15) is 9.59 Å². The van der Waals surface area contributed by atoms with Gasteiger partial charge in [-0.3, -0.25) is 9.59 Å². The summed E-state index contributed by atoms with van der Waals surface area (Å²) in [6, 6.07) is 14.5. The number of carbonyl (C=O) groups is 2. The zero-order chi connectivity index (χ0) is 21.2. The van der Waals surface area contributed by atoms with Crippen LogP contribution in [0.25, 0.3) is 0 Å². The molecule has 0 saturated carbocycles. The number of carbonyl (C=O) groups excluding carboxylic acids is 2. The standard InChI is InChI=1S/C23H30N2O4/c1-5-19(23(27)24-6-2)25(15-18-12-8-7-11-17(18)3)22(26)16-29-21-14-10-9-13-20(21)28-4/h7-14,19H,5-6,15-16H2,1-4H3,(H,24,27)/t19-/m0/s1. The van der Waals surface area contributed by atoms with Crippen LogP contribution in [-0.2, 0) is 16.1 Å². The normalized spacial score (nSPS) is 11.4. The highest BCUT2D eigenvalue weighted by molar-refractivity contribution is 5.88. The van der Waals surface area contributed by atoms with Crippen LogP contribution in [0, 0.1) is 6.92 Å². The van der Waals surface area contributed by atoms with Crippen LogP contribution in [0.4, 0.5) is 0 Å². The second kappa shape index (κ2) is 11.1. The summed E-state index contributed by atoms with van der Waals surface area (Å²) in [5.74, 6) is 0.637. The lowest BCUT2D eigenvalue weighted by atomic mass is 10.1. The smallest absolute Gasteiger partial charge is 0.261 e. The van der Waals surface area contributed by atoms with Crippen LogP contribution in [0.3, 0.4) is 0 Å². The molecule has 0 heterocycles. The Morgan fingerprint density at radius 1 is 1.03 bits per heavy atom. The summed E-state index contributed by atoms with van der Waals surface area (Å²) < 4.78 is 11.0. The van der Waals surface area contributed by atoms with Gasteiger partial charge < -0.3 is 19.7 Å². The van der Waals surface area contributed by atoms with Crippen molar-refractivity contribution in [2.24, 2.45) is 0 Å². The maximum Gasteiger partial charge on any atom is 0.261 e. The molecule has 0 aliphatic carbocycles. The predicted molar refractivity (Wildman–Crippen MR) is 113 cm³/mol. The highest BCUT2D eigenvalue weighted by atomic mass is 16.5. The third-order valence-corrected chi connectivity index (χ3v) is 4.76. The first kappa shape index (κ1) is 22.3. The molecule has 0 bridgehead atoms. The maximum atomic E-state index is 13.1. The van der Waals surface area contributed by atoms with Crippen molar-refractivity contribution in [1.29, 1.82) is 0 Å². The molecular weight excluding hydrogens is 368 g/mol. The van der Waals surface area contributed by atoms with E-state index < -0.39 is 6.04 Å². The summed E-state index contributed by atoms with van der Waals surface area (Å²) in [6.45, 7) is 6.44. The highest BCUT2D eigenvalue weighted by Crippen LogP contribution is 2.26. The third kappa shape index (κ3) is 5.98. The van der Waals surface area contributed by atoms with Gasteiger partial charge in [-0.15, -0.1) is 0 Å². The van der Waals surface area contributed by atoms with Gasteiger partial charge in [-0.1, -0.05) is 43.3 Å². The molecule has 2 rings (SSSR count). The van der Waals surface area contributed by atoms with Crippen molar-refractivity contribution in [3.8, 4) is 11.5 Å². The van der Waals surface area contributed by atoms with Crippen molar-refractivity contribution in [1.82, 2.24) is 10.2 Å². The third-order valence-electron chi connectivity index (χ3n) is 4.76. The zero-order valence-corrected chi connectivity index (χ0v) is 17.6. The van der Waals surface area contributed by atoms with Gasteiger partial charge in [0.05, 0.1) is 7.11 Å². The molecule has 0 saturated heterocycles. The number of para-hydroxylation sites is 2. The molecule has 0 aliphatic heterocycles. The first-order valence-corrected chi connectivity index (χ1v) is 9.89. The molecule has 0 spiro atoms. The Hall–Kier alpha value is -3.02. The number of hydrogen-bond acceptors (Lipinski definition) is 4. The number of hydrogen-bond donors (Lipinski definition) is 1. The van der Waals surface area contributed by atoms with Crippen molar-refractivity contribution in [2.45, 2.75) is 39.8 Å². The van der Waals surface area contributed by atoms with Crippen LogP contribution in [0.2, 0.25) is 0 Å². The van der Waals surface area contributed by atoms with Gasteiger partial charge in [0, 0.05) is 13.1 Å². The van der Waals surface area contributed by atoms with Crippen molar-refractivity contribution >= 4 is 11.8 Å². The number of ether oxygens (including phenoxy) is 2. The lowest BCUT2D eigenvalue weighted by Gasteiger charge is -2.31. The summed E-state index contributed by atoms with van der Waals surface area (Å²) in [4.78, 5) is 27.3.